The number of rotatable bonds is 3. The van der Waals surface area contributed by atoms with Crippen LogP contribution in [0.15, 0.2) is 18.2 Å². The van der Waals surface area contributed by atoms with Crippen LogP contribution in [-0.2, 0) is 15.8 Å². The van der Waals surface area contributed by atoms with E-state index in [2.05, 4.69) is 0 Å². The minimum Gasteiger partial charge on any atom is -0.228 e. The molecule has 0 aromatic heterocycles. The zero-order valence-corrected chi connectivity index (χ0v) is 9.51. The molecule has 1 aromatic carbocycles. The van der Waals surface area contributed by atoms with Crippen LogP contribution in [-0.4, -0.2) is 8.42 Å². The summed E-state index contributed by atoms with van der Waals surface area (Å²) in [5, 5.41) is 4.84. The average molecular weight is 231 g/mol. The van der Waals surface area contributed by atoms with E-state index >= 15 is 0 Å². The van der Waals surface area contributed by atoms with Crippen molar-refractivity contribution in [2.24, 2.45) is 5.14 Å². The number of primary sulfonamides is 1. The Kier molecular flexibility index (Phi) is 3.46. The molecule has 0 radical (unpaired) electrons. The summed E-state index contributed by atoms with van der Waals surface area (Å²) in [6, 6.07) is 4.54. The van der Waals surface area contributed by atoms with Crippen molar-refractivity contribution in [3.05, 3.63) is 35.1 Å². The standard InChI is InChI=1S/C10H14FNO2S/c1-7(2)8-3-4-9(10(11)5-8)6-15(12,13)14/h3-5,7H,6H2,1-2H3,(H2,12,13,14). The lowest BCUT2D eigenvalue weighted by Gasteiger charge is -2.07. The zero-order chi connectivity index (χ0) is 11.6. The molecule has 0 saturated carbocycles. The van der Waals surface area contributed by atoms with E-state index < -0.39 is 21.6 Å². The van der Waals surface area contributed by atoms with Crippen molar-refractivity contribution < 1.29 is 12.8 Å². The first-order valence-electron chi connectivity index (χ1n) is 4.58. The van der Waals surface area contributed by atoms with Gasteiger partial charge in [0.2, 0.25) is 10.0 Å². The molecule has 5 heteroatoms. The van der Waals surface area contributed by atoms with E-state index in [0.717, 1.165) is 5.56 Å². The molecule has 0 amide bonds. The summed E-state index contributed by atoms with van der Waals surface area (Å²) in [6.07, 6.45) is 0. The smallest absolute Gasteiger partial charge is 0.213 e. The van der Waals surface area contributed by atoms with Gasteiger partial charge in [0.1, 0.15) is 5.82 Å². The predicted octanol–water partition coefficient (Wildman–Crippen LogP) is 1.74. The maximum atomic E-state index is 13.4. The van der Waals surface area contributed by atoms with E-state index in [-0.39, 0.29) is 11.5 Å². The van der Waals surface area contributed by atoms with Crippen molar-refractivity contribution in [2.45, 2.75) is 25.5 Å². The van der Waals surface area contributed by atoms with E-state index in [9.17, 15) is 12.8 Å². The predicted molar refractivity (Wildman–Crippen MR) is 57.3 cm³/mol. The van der Waals surface area contributed by atoms with Gasteiger partial charge in [0, 0.05) is 5.56 Å². The molecule has 15 heavy (non-hydrogen) atoms. The minimum absolute atomic E-state index is 0.113. The fraction of sp³-hybridized carbons (Fsp3) is 0.400. The normalized spacial score (nSPS) is 12.1. The summed E-state index contributed by atoms with van der Waals surface area (Å²) in [5.41, 5.74) is 0.951. The highest BCUT2D eigenvalue weighted by Crippen LogP contribution is 2.18. The molecule has 0 aliphatic heterocycles. The molecule has 0 fully saturated rings. The summed E-state index contributed by atoms with van der Waals surface area (Å²) in [5.74, 6) is -0.768. The van der Waals surface area contributed by atoms with Gasteiger partial charge in [-0.25, -0.2) is 17.9 Å². The highest BCUT2D eigenvalue weighted by molar-refractivity contribution is 7.88. The third-order valence-electron chi connectivity index (χ3n) is 2.10. The van der Waals surface area contributed by atoms with Crippen molar-refractivity contribution in [3.63, 3.8) is 0 Å². The number of halogens is 1. The Balaban J connectivity index is 3.04. The lowest BCUT2D eigenvalue weighted by atomic mass is 10.0. The van der Waals surface area contributed by atoms with Crippen molar-refractivity contribution in [2.75, 3.05) is 0 Å². The fourth-order valence-electron chi connectivity index (χ4n) is 1.26. The van der Waals surface area contributed by atoms with Gasteiger partial charge in [-0.3, -0.25) is 0 Å². The van der Waals surface area contributed by atoms with Crippen LogP contribution in [0.2, 0.25) is 0 Å². The first kappa shape index (κ1) is 12.1. The van der Waals surface area contributed by atoms with Crippen LogP contribution in [0.5, 0.6) is 0 Å². The van der Waals surface area contributed by atoms with Crippen LogP contribution in [0.1, 0.15) is 30.9 Å². The monoisotopic (exact) mass is 231 g/mol. The quantitative estimate of drug-likeness (QED) is 0.861. The van der Waals surface area contributed by atoms with E-state index in [4.69, 9.17) is 5.14 Å². The van der Waals surface area contributed by atoms with Gasteiger partial charge in [-0.15, -0.1) is 0 Å². The maximum Gasteiger partial charge on any atom is 0.213 e. The molecular formula is C10H14FNO2S. The van der Waals surface area contributed by atoms with Gasteiger partial charge >= 0.3 is 0 Å². The van der Waals surface area contributed by atoms with Crippen LogP contribution >= 0.6 is 0 Å². The molecule has 1 rings (SSSR count). The Morgan fingerprint density at radius 2 is 2.00 bits per heavy atom. The van der Waals surface area contributed by atoms with Gasteiger partial charge in [-0.05, 0) is 17.5 Å². The molecule has 0 aliphatic carbocycles. The molecule has 0 aliphatic rings. The third-order valence-corrected chi connectivity index (χ3v) is 2.81. The van der Waals surface area contributed by atoms with E-state index in [1.165, 1.54) is 12.1 Å². The molecule has 2 N–H and O–H groups in total. The van der Waals surface area contributed by atoms with E-state index in [0.29, 0.717) is 0 Å². The van der Waals surface area contributed by atoms with Crippen LogP contribution in [0.4, 0.5) is 4.39 Å². The molecule has 0 atom stereocenters. The molecule has 0 spiro atoms. The third kappa shape index (κ3) is 3.60. The Morgan fingerprint density at radius 3 is 2.40 bits per heavy atom. The number of benzene rings is 1. The van der Waals surface area contributed by atoms with E-state index in [1.54, 1.807) is 6.07 Å². The van der Waals surface area contributed by atoms with Gasteiger partial charge in [0.25, 0.3) is 0 Å². The molecule has 0 saturated heterocycles. The molecule has 0 unspecified atom stereocenters. The number of nitrogens with two attached hydrogens (primary N) is 1. The van der Waals surface area contributed by atoms with Crippen molar-refractivity contribution in [1.82, 2.24) is 0 Å². The van der Waals surface area contributed by atoms with Crippen molar-refractivity contribution in [3.8, 4) is 0 Å². The van der Waals surface area contributed by atoms with Crippen LogP contribution in [0, 0.1) is 5.82 Å². The second-order valence-corrected chi connectivity index (χ2v) is 5.43. The summed E-state index contributed by atoms with van der Waals surface area (Å²) in [7, 11) is -3.67. The number of sulfonamides is 1. The first-order chi connectivity index (χ1) is 6.79. The Bertz CT molecular complexity index is 454. The van der Waals surface area contributed by atoms with E-state index in [1.807, 2.05) is 13.8 Å². The Labute approximate surface area is 89.2 Å². The Morgan fingerprint density at radius 1 is 1.40 bits per heavy atom. The largest absolute Gasteiger partial charge is 0.228 e. The second-order valence-electron chi connectivity index (χ2n) is 3.81. The topological polar surface area (TPSA) is 60.2 Å². The highest BCUT2D eigenvalue weighted by atomic mass is 32.2. The molecule has 84 valence electrons. The minimum atomic E-state index is -3.67. The van der Waals surface area contributed by atoms with Crippen LogP contribution < -0.4 is 5.14 Å². The van der Waals surface area contributed by atoms with Crippen LogP contribution in [0.25, 0.3) is 0 Å². The Hall–Kier alpha value is -0.940. The van der Waals surface area contributed by atoms with Gasteiger partial charge in [0.15, 0.2) is 0 Å². The average Bonchev–Trinajstić information content (AvgIpc) is 2.05. The molecule has 0 bridgehead atoms. The van der Waals surface area contributed by atoms with Gasteiger partial charge < -0.3 is 0 Å². The maximum absolute atomic E-state index is 13.4. The summed E-state index contributed by atoms with van der Waals surface area (Å²) < 4.78 is 35.0. The summed E-state index contributed by atoms with van der Waals surface area (Å²) in [4.78, 5) is 0. The van der Waals surface area contributed by atoms with Gasteiger partial charge in [-0.1, -0.05) is 26.0 Å². The summed E-state index contributed by atoms with van der Waals surface area (Å²) >= 11 is 0. The first-order valence-corrected chi connectivity index (χ1v) is 6.30. The fourth-order valence-corrected chi connectivity index (χ4v) is 1.92. The number of hydrogen-bond donors (Lipinski definition) is 1. The molecule has 0 heterocycles. The van der Waals surface area contributed by atoms with Gasteiger partial charge in [0.05, 0.1) is 5.75 Å². The highest BCUT2D eigenvalue weighted by Gasteiger charge is 2.11. The second kappa shape index (κ2) is 4.28. The molecule has 3 nitrogen and oxygen atoms in total. The molecule has 1 aromatic rings. The van der Waals surface area contributed by atoms with Gasteiger partial charge in [-0.2, -0.15) is 0 Å². The SMILES string of the molecule is CC(C)c1ccc(CS(N)(=O)=O)c(F)c1. The molecular weight excluding hydrogens is 217 g/mol. The lowest BCUT2D eigenvalue weighted by Crippen LogP contribution is -2.15. The van der Waals surface area contributed by atoms with Crippen molar-refractivity contribution in [1.29, 1.82) is 0 Å². The zero-order valence-electron chi connectivity index (χ0n) is 8.70. The van der Waals surface area contributed by atoms with Crippen LogP contribution in [0.3, 0.4) is 0 Å². The van der Waals surface area contributed by atoms with Crippen molar-refractivity contribution >= 4 is 10.0 Å². The number of hydrogen-bond acceptors (Lipinski definition) is 2. The lowest BCUT2D eigenvalue weighted by molar-refractivity contribution is 0.587. The summed E-state index contributed by atoms with van der Waals surface area (Å²) in [6.45, 7) is 3.88.